The minimum Gasteiger partial charge on any atom is -0.432 e. The van der Waals surface area contributed by atoms with Gasteiger partial charge >= 0.3 is 12.7 Å². The molecule has 4 rings (SSSR count). The smallest absolute Gasteiger partial charge is 0.432 e. The molecular formula is C30H25F9O2. The molecule has 1 fully saturated rings. The summed E-state index contributed by atoms with van der Waals surface area (Å²) >= 11 is 0. The first kappa shape index (κ1) is 30.3. The van der Waals surface area contributed by atoms with Crippen molar-refractivity contribution in [3.63, 3.8) is 0 Å². The Morgan fingerprint density at radius 2 is 1.51 bits per heavy atom. The summed E-state index contributed by atoms with van der Waals surface area (Å²) in [5.74, 6) is -7.21. The van der Waals surface area contributed by atoms with Crippen molar-refractivity contribution in [1.29, 1.82) is 0 Å². The van der Waals surface area contributed by atoms with E-state index < -0.39 is 59.7 Å². The topological polar surface area (TPSA) is 18.5 Å². The van der Waals surface area contributed by atoms with Crippen molar-refractivity contribution < 1.29 is 49.0 Å². The maximum absolute atomic E-state index is 15.1. The second-order valence-electron chi connectivity index (χ2n) is 9.66. The zero-order chi connectivity index (χ0) is 29.7. The summed E-state index contributed by atoms with van der Waals surface area (Å²) in [5.41, 5.74) is -1.64. The third kappa shape index (κ3) is 7.37. The Labute approximate surface area is 230 Å². The van der Waals surface area contributed by atoms with Gasteiger partial charge in [0.25, 0.3) is 0 Å². The third-order valence-electron chi connectivity index (χ3n) is 6.93. The van der Waals surface area contributed by atoms with Crippen molar-refractivity contribution in [2.24, 2.45) is 5.92 Å². The Kier molecular flexibility index (Phi) is 9.55. The van der Waals surface area contributed by atoms with Gasteiger partial charge in [0.05, 0.1) is 6.67 Å². The van der Waals surface area contributed by atoms with Gasteiger partial charge in [0.2, 0.25) is 0 Å². The molecule has 0 amide bonds. The second-order valence-corrected chi connectivity index (χ2v) is 9.66. The number of rotatable bonds is 10. The molecule has 220 valence electrons. The normalized spacial score (nSPS) is 17.8. The summed E-state index contributed by atoms with van der Waals surface area (Å²) in [6, 6.07) is 6.82. The number of halogens is 9. The van der Waals surface area contributed by atoms with Gasteiger partial charge in [-0.1, -0.05) is 24.3 Å². The van der Waals surface area contributed by atoms with Crippen molar-refractivity contribution in [1.82, 2.24) is 0 Å². The van der Waals surface area contributed by atoms with Crippen LogP contribution in [0.25, 0.3) is 11.1 Å². The summed E-state index contributed by atoms with van der Waals surface area (Å²) in [4.78, 5) is 0. The fraction of sp³-hybridized carbons (Fsp3) is 0.333. The average Bonchev–Trinajstić information content (AvgIpc) is 2.89. The fourth-order valence-electron chi connectivity index (χ4n) is 4.96. The van der Waals surface area contributed by atoms with Crippen LogP contribution in [0.4, 0.5) is 39.5 Å². The predicted octanol–water partition coefficient (Wildman–Crippen LogP) is 9.83. The summed E-state index contributed by atoms with van der Waals surface area (Å²) in [7, 11) is 0. The first-order chi connectivity index (χ1) is 19.5. The molecule has 1 aliphatic rings. The van der Waals surface area contributed by atoms with E-state index in [-0.39, 0.29) is 17.0 Å². The van der Waals surface area contributed by atoms with E-state index in [0.717, 1.165) is 25.7 Å². The van der Waals surface area contributed by atoms with Crippen LogP contribution < -0.4 is 9.47 Å². The zero-order valence-electron chi connectivity index (χ0n) is 21.5. The first-order valence-corrected chi connectivity index (χ1v) is 12.8. The molecule has 2 nitrogen and oxygen atoms in total. The molecule has 0 unspecified atom stereocenters. The first-order valence-electron chi connectivity index (χ1n) is 12.8. The molecule has 0 heterocycles. The maximum atomic E-state index is 15.1. The minimum atomic E-state index is -4.65. The van der Waals surface area contributed by atoms with E-state index in [2.05, 4.69) is 9.47 Å². The quantitative estimate of drug-likeness (QED) is 0.173. The van der Waals surface area contributed by atoms with Crippen LogP contribution in [-0.4, -0.2) is 13.3 Å². The lowest BCUT2D eigenvalue weighted by atomic mass is 9.78. The molecule has 0 radical (unpaired) electrons. The van der Waals surface area contributed by atoms with Gasteiger partial charge in [-0.05, 0) is 85.4 Å². The highest BCUT2D eigenvalue weighted by atomic mass is 19.3. The highest BCUT2D eigenvalue weighted by Gasteiger charge is 2.41. The predicted molar refractivity (Wildman–Crippen MR) is 134 cm³/mol. The van der Waals surface area contributed by atoms with Crippen LogP contribution in [0.3, 0.4) is 0 Å². The number of allylic oxidation sites excluding steroid dienone is 2. The Hall–Kier alpha value is -3.63. The number of hydrogen-bond acceptors (Lipinski definition) is 2. The van der Waals surface area contributed by atoms with Gasteiger partial charge < -0.3 is 9.47 Å². The Morgan fingerprint density at radius 3 is 2.10 bits per heavy atom. The molecule has 0 bridgehead atoms. The number of ether oxygens (including phenoxy) is 2. The van der Waals surface area contributed by atoms with Gasteiger partial charge in [-0.3, -0.25) is 4.39 Å². The summed E-state index contributed by atoms with van der Waals surface area (Å²) in [6.07, 6.45) is 2.80. The number of hydrogen-bond donors (Lipinski definition) is 0. The molecule has 0 atom stereocenters. The number of benzene rings is 3. The van der Waals surface area contributed by atoms with Gasteiger partial charge in [0.15, 0.2) is 11.6 Å². The van der Waals surface area contributed by atoms with Crippen LogP contribution in [0.1, 0.15) is 49.1 Å². The second kappa shape index (κ2) is 12.9. The molecule has 11 heteroatoms. The van der Waals surface area contributed by atoms with Crippen molar-refractivity contribution in [3.05, 3.63) is 95.1 Å². The van der Waals surface area contributed by atoms with Crippen LogP contribution in [0, 0.1) is 29.2 Å². The van der Waals surface area contributed by atoms with Gasteiger partial charge in [-0.25, -0.2) is 17.6 Å². The van der Waals surface area contributed by atoms with E-state index in [4.69, 9.17) is 0 Å². The Morgan fingerprint density at radius 1 is 0.829 bits per heavy atom. The van der Waals surface area contributed by atoms with Crippen LogP contribution >= 0.6 is 0 Å². The van der Waals surface area contributed by atoms with Gasteiger partial charge in [-0.2, -0.15) is 17.6 Å². The monoisotopic (exact) mass is 588 g/mol. The highest BCUT2D eigenvalue weighted by molar-refractivity contribution is 5.65. The Bertz CT molecular complexity index is 1360. The lowest BCUT2D eigenvalue weighted by molar-refractivity contribution is -0.189. The summed E-state index contributed by atoms with van der Waals surface area (Å²) in [5, 5.41) is 0. The molecule has 0 spiro atoms. The van der Waals surface area contributed by atoms with Crippen molar-refractivity contribution in [2.75, 3.05) is 6.67 Å². The standard InChI is InChI=1S/C30H25F9O2/c31-12-2-1-3-17-4-6-18(7-5-17)19-8-10-22(23(32)13-19)20-14-25(34)28(26(35)15-20)30(38,39)41-21-9-11-27(24(33)16-21)40-29(36)37/h1,3,8-11,13-18,29H,2,4-7,12H2/b3-1+. The molecule has 0 saturated heterocycles. The maximum Gasteiger partial charge on any atom is 0.432 e. The molecule has 0 aromatic heterocycles. The summed E-state index contributed by atoms with van der Waals surface area (Å²) < 4.78 is 133. The lowest BCUT2D eigenvalue weighted by Gasteiger charge is -2.27. The molecule has 1 aliphatic carbocycles. The zero-order valence-corrected chi connectivity index (χ0v) is 21.5. The van der Waals surface area contributed by atoms with E-state index in [1.807, 2.05) is 12.2 Å². The summed E-state index contributed by atoms with van der Waals surface area (Å²) in [6.45, 7) is -3.79. The Balaban J connectivity index is 1.50. The van der Waals surface area contributed by atoms with Crippen molar-refractivity contribution in [3.8, 4) is 22.6 Å². The van der Waals surface area contributed by atoms with E-state index in [9.17, 15) is 35.1 Å². The van der Waals surface area contributed by atoms with E-state index >= 15 is 4.39 Å². The van der Waals surface area contributed by atoms with Crippen molar-refractivity contribution in [2.45, 2.75) is 50.7 Å². The molecular weight excluding hydrogens is 563 g/mol. The van der Waals surface area contributed by atoms with Crippen LogP contribution in [0.5, 0.6) is 11.5 Å². The SMILES string of the molecule is FCC/C=C/C1CCC(c2ccc(-c3cc(F)c(C(F)(F)Oc4ccc(OC(F)F)c(F)c4)c(F)c3)c(F)c2)CC1. The lowest BCUT2D eigenvalue weighted by Crippen LogP contribution is -2.25. The van der Waals surface area contributed by atoms with E-state index in [1.54, 1.807) is 6.07 Å². The highest BCUT2D eigenvalue weighted by Crippen LogP contribution is 2.40. The molecule has 1 saturated carbocycles. The largest absolute Gasteiger partial charge is 0.432 e. The molecule has 41 heavy (non-hydrogen) atoms. The minimum absolute atomic E-state index is 0.0666. The third-order valence-corrected chi connectivity index (χ3v) is 6.93. The van der Waals surface area contributed by atoms with Gasteiger partial charge in [-0.15, -0.1) is 0 Å². The molecule has 0 N–H and O–H groups in total. The molecule has 0 aliphatic heterocycles. The molecule has 3 aromatic rings. The van der Waals surface area contributed by atoms with Crippen LogP contribution in [0.15, 0.2) is 60.7 Å². The van der Waals surface area contributed by atoms with Gasteiger partial charge in [0, 0.05) is 11.6 Å². The number of alkyl halides is 5. The van der Waals surface area contributed by atoms with E-state index in [1.165, 1.54) is 12.1 Å². The van der Waals surface area contributed by atoms with Crippen LogP contribution in [0.2, 0.25) is 0 Å². The fourth-order valence-corrected chi connectivity index (χ4v) is 4.96. The van der Waals surface area contributed by atoms with E-state index in [0.29, 0.717) is 48.2 Å². The van der Waals surface area contributed by atoms with Crippen molar-refractivity contribution >= 4 is 0 Å². The van der Waals surface area contributed by atoms with Crippen LogP contribution in [-0.2, 0) is 6.11 Å². The average molecular weight is 589 g/mol. The molecule has 3 aromatic carbocycles. The van der Waals surface area contributed by atoms with Gasteiger partial charge in [0.1, 0.15) is 28.8 Å².